The molecule has 0 radical (unpaired) electrons. The zero-order valence-corrected chi connectivity index (χ0v) is 15.4. The quantitative estimate of drug-likeness (QED) is 0.775. The van der Waals surface area contributed by atoms with E-state index in [4.69, 9.17) is 21.1 Å². The van der Waals surface area contributed by atoms with Gasteiger partial charge >= 0.3 is 0 Å². The first-order valence-electron chi connectivity index (χ1n) is 7.60. The average Bonchev–Trinajstić information content (AvgIpc) is 2.98. The monoisotopic (exact) mass is 381 g/mol. The van der Waals surface area contributed by atoms with E-state index in [0.717, 1.165) is 11.1 Å². The van der Waals surface area contributed by atoms with E-state index in [9.17, 15) is 9.18 Å². The van der Waals surface area contributed by atoms with E-state index in [0.29, 0.717) is 23.8 Å². The molecule has 0 saturated carbocycles. The van der Waals surface area contributed by atoms with Gasteiger partial charge in [-0.05, 0) is 35.9 Å². The van der Waals surface area contributed by atoms with Gasteiger partial charge in [0.15, 0.2) is 0 Å². The number of halogens is 2. The second-order valence-corrected chi connectivity index (χ2v) is 7.01. The highest BCUT2D eigenvalue weighted by Crippen LogP contribution is 2.41. The largest absolute Gasteiger partial charge is 0.497 e. The SMILES string of the molecule is COc1ccc(OC)c(CN2C(=O)CSC2c2ccc(F)c(Cl)c2)c1. The number of nitrogens with zero attached hydrogens (tertiary/aromatic N) is 1. The molecule has 0 aromatic heterocycles. The maximum atomic E-state index is 13.4. The Labute approximate surface area is 154 Å². The predicted octanol–water partition coefficient (Wildman–Crippen LogP) is 4.27. The Bertz CT molecular complexity index is 802. The van der Waals surface area contributed by atoms with Gasteiger partial charge in [-0.3, -0.25) is 4.79 Å². The van der Waals surface area contributed by atoms with E-state index in [1.165, 1.54) is 17.8 Å². The zero-order valence-electron chi connectivity index (χ0n) is 13.8. The number of hydrogen-bond donors (Lipinski definition) is 0. The van der Waals surface area contributed by atoms with Crippen LogP contribution in [0.25, 0.3) is 0 Å². The van der Waals surface area contributed by atoms with Gasteiger partial charge < -0.3 is 14.4 Å². The molecule has 1 aliphatic heterocycles. The molecule has 1 unspecified atom stereocenters. The maximum absolute atomic E-state index is 13.4. The molecule has 1 saturated heterocycles. The van der Waals surface area contributed by atoms with Crippen molar-refractivity contribution in [1.29, 1.82) is 0 Å². The van der Waals surface area contributed by atoms with Crippen LogP contribution >= 0.6 is 23.4 Å². The van der Waals surface area contributed by atoms with Gasteiger partial charge in [-0.25, -0.2) is 4.39 Å². The molecule has 2 aromatic rings. The van der Waals surface area contributed by atoms with Crippen molar-refractivity contribution in [3.63, 3.8) is 0 Å². The fourth-order valence-electron chi connectivity index (χ4n) is 2.76. The lowest BCUT2D eigenvalue weighted by molar-refractivity contribution is -0.128. The minimum Gasteiger partial charge on any atom is -0.497 e. The summed E-state index contributed by atoms with van der Waals surface area (Å²) in [4.78, 5) is 14.1. The Kier molecular flexibility index (Phi) is 5.39. The molecule has 25 heavy (non-hydrogen) atoms. The van der Waals surface area contributed by atoms with E-state index in [-0.39, 0.29) is 16.3 Å². The first kappa shape index (κ1) is 17.9. The highest BCUT2D eigenvalue weighted by Gasteiger charge is 2.33. The number of methoxy groups -OCH3 is 2. The molecule has 0 aliphatic carbocycles. The second kappa shape index (κ2) is 7.54. The van der Waals surface area contributed by atoms with Crippen molar-refractivity contribution in [3.05, 3.63) is 58.4 Å². The van der Waals surface area contributed by atoms with E-state index in [1.54, 1.807) is 37.3 Å². The summed E-state index contributed by atoms with van der Waals surface area (Å²) in [5.41, 5.74) is 1.64. The van der Waals surface area contributed by atoms with Gasteiger partial charge in [-0.15, -0.1) is 11.8 Å². The lowest BCUT2D eigenvalue weighted by atomic mass is 10.1. The molecule has 1 amide bonds. The van der Waals surface area contributed by atoms with Crippen LogP contribution in [0.1, 0.15) is 16.5 Å². The van der Waals surface area contributed by atoms with Gasteiger partial charge in [0.25, 0.3) is 0 Å². The van der Waals surface area contributed by atoms with E-state index < -0.39 is 5.82 Å². The van der Waals surface area contributed by atoms with Crippen molar-refractivity contribution < 1.29 is 18.7 Å². The molecule has 1 atom stereocenters. The van der Waals surface area contributed by atoms with Gasteiger partial charge in [0.05, 0.1) is 31.5 Å². The molecular formula is C18H17ClFNO3S. The minimum atomic E-state index is -0.472. The summed E-state index contributed by atoms with van der Waals surface area (Å²) in [6.07, 6.45) is 0. The molecule has 1 aliphatic rings. The van der Waals surface area contributed by atoms with Crippen molar-refractivity contribution in [1.82, 2.24) is 4.90 Å². The van der Waals surface area contributed by atoms with Crippen LogP contribution in [0, 0.1) is 5.82 Å². The predicted molar refractivity (Wildman–Crippen MR) is 96.7 cm³/mol. The topological polar surface area (TPSA) is 38.8 Å². The Hall–Kier alpha value is -1.92. The lowest BCUT2D eigenvalue weighted by Crippen LogP contribution is -2.28. The fraction of sp³-hybridized carbons (Fsp3) is 0.278. The number of thioether (sulfide) groups is 1. The van der Waals surface area contributed by atoms with Crippen molar-refractivity contribution in [2.45, 2.75) is 11.9 Å². The molecule has 2 aromatic carbocycles. The van der Waals surface area contributed by atoms with Crippen LogP contribution in [-0.2, 0) is 11.3 Å². The molecule has 7 heteroatoms. The first-order valence-corrected chi connectivity index (χ1v) is 9.03. The van der Waals surface area contributed by atoms with Crippen LogP contribution in [0.5, 0.6) is 11.5 Å². The molecule has 0 bridgehead atoms. The molecule has 0 N–H and O–H groups in total. The lowest BCUT2D eigenvalue weighted by Gasteiger charge is -2.25. The molecule has 4 nitrogen and oxygen atoms in total. The number of carbonyl (C=O) groups is 1. The normalized spacial score (nSPS) is 17.0. The van der Waals surface area contributed by atoms with Gasteiger partial charge in [0, 0.05) is 5.56 Å². The molecule has 0 spiro atoms. The number of rotatable bonds is 5. The smallest absolute Gasteiger partial charge is 0.234 e. The number of amides is 1. The third-order valence-corrected chi connectivity index (χ3v) is 5.57. The number of hydrogen-bond acceptors (Lipinski definition) is 4. The summed E-state index contributed by atoms with van der Waals surface area (Å²) in [6, 6.07) is 10.0. The Balaban J connectivity index is 1.91. The van der Waals surface area contributed by atoms with Gasteiger partial charge in [0.1, 0.15) is 22.7 Å². The highest BCUT2D eigenvalue weighted by molar-refractivity contribution is 8.00. The molecular weight excluding hydrogens is 365 g/mol. The summed E-state index contributed by atoms with van der Waals surface area (Å²) >= 11 is 7.39. The fourth-order valence-corrected chi connectivity index (χ4v) is 4.12. The molecule has 1 heterocycles. The van der Waals surface area contributed by atoms with E-state index in [2.05, 4.69) is 0 Å². The van der Waals surface area contributed by atoms with E-state index in [1.807, 2.05) is 12.1 Å². The molecule has 1 fully saturated rings. The summed E-state index contributed by atoms with van der Waals surface area (Å²) < 4.78 is 24.1. The number of benzene rings is 2. The maximum Gasteiger partial charge on any atom is 0.234 e. The summed E-state index contributed by atoms with van der Waals surface area (Å²) in [7, 11) is 3.18. The molecule has 132 valence electrons. The first-order chi connectivity index (χ1) is 12.0. The number of ether oxygens (including phenoxy) is 2. The standard InChI is InChI=1S/C18H17ClFNO3S/c1-23-13-4-6-16(24-2)12(7-13)9-21-17(22)10-25-18(21)11-3-5-15(20)14(19)8-11/h3-8,18H,9-10H2,1-2H3. The van der Waals surface area contributed by atoms with Crippen LogP contribution in [-0.4, -0.2) is 30.8 Å². The number of carbonyl (C=O) groups excluding carboxylic acids is 1. The van der Waals surface area contributed by atoms with Crippen LogP contribution in [0.4, 0.5) is 4.39 Å². The third kappa shape index (κ3) is 3.70. The summed E-state index contributed by atoms with van der Waals surface area (Å²) in [5.74, 6) is 1.28. The summed E-state index contributed by atoms with van der Waals surface area (Å²) in [6.45, 7) is 0.367. The Morgan fingerprint density at radius 2 is 2.04 bits per heavy atom. The van der Waals surface area contributed by atoms with Gasteiger partial charge in [0.2, 0.25) is 5.91 Å². The second-order valence-electron chi connectivity index (χ2n) is 5.54. The Morgan fingerprint density at radius 1 is 1.24 bits per heavy atom. The average molecular weight is 382 g/mol. The highest BCUT2D eigenvalue weighted by atomic mass is 35.5. The zero-order chi connectivity index (χ0) is 18.0. The van der Waals surface area contributed by atoms with Crippen LogP contribution < -0.4 is 9.47 Å². The van der Waals surface area contributed by atoms with E-state index >= 15 is 0 Å². The van der Waals surface area contributed by atoms with Crippen LogP contribution in [0.2, 0.25) is 5.02 Å². The van der Waals surface area contributed by atoms with Crippen molar-refractivity contribution in [2.75, 3.05) is 20.0 Å². The van der Waals surface area contributed by atoms with Crippen molar-refractivity contribution in [2.24, 2.45) is 0 Å². The summed E-state index contributed by atoms with van der Waals surface area (Å²) in [5, 5.41) is -0.169. The van der Waals surface area contributed by atoms with Crippen molar-refractivity contribution in [3.8, 4) is 11.5 Å². The van der Waals surface area contributed by atoms with Crippen LogP contribution in [0.15, 0.2) is 36.4 Å². The van der Waals surface area contributed by atoms with Crippen molar-refractivity contribution >= 4 is 29.3 Å². The minimum absolute atomic E-state index is 0.0142. The third-order valence-electron chi connectivity index (χ3n) is 4.03. The molecule has 3 rings (SSSR count). The Morgan fingerprint density at radius 3 is 2.72 bits per heavy atom. The van der Waals surface area contributed by atoms with Crippen LogP contribution in [0.3, 0.4) is 0 Å². The van der Waals surface area contributed by atoms with Gasteiger partial charge in [-0.2, -0.15) is 0 Å². The van der Waals surface area contributed by atoms with Gasteiger partial charge in [-0.1, -0.05) is 17.7 Å².